The van der Waals surface area contributed by atoms with Crippen LogP contribution in [0.4, 0.5) is 0 Å². The fourth-order valence-electron chi connectivity index (χ4n) is 5.88. The number of allylic oxidation sites excluding steroid dienone is 16. The molecule has 2 rings (SSSR count). The Bertz CT molecular complexity index is 1480. The molecule has 0 spiro atoms. The summed E-state index contributed by atoms with van der Waals surface area (Å²) in [5.74, 6) is -0.328. The van der Waals surface area contributed by atoms with E-state index < -0.39 is 0 Å². The highest BCUT2D eigenvalue weighted by molar-refractivity contribution is 5.75. The number of nitrogens with two attached hydrogens (primary N) is 2. The van der Waals surface area contributed by atoms with Crippen molar-refractivity contribution in [2.24, 2.45) is 16.5 Å². The van der Waals surface area contributed by atoms with Gasteiger partial charge in [-0.05, 0) is 89.9 Å². The van der Waals surface area contributed by atoms with Crippen molar-refractivity contribution in [2.45, 2.75) is 115 Å². The monoisotopic (exact) mass is 846 g/mol. The van der Waals surface area contributed by atoms with Gasteiger partial charge in [-0.25, -0.2) is 0 Å². The van der Waals surface area contributed by atoms with E-state index in [1.54, 1.807) is 0 Å². The van der Waals surface area contributed by atoms with Crippen molar-refractivity contribution >= 4 is 17.9 Å². The molecule has 1 aliphatic carbocycles. The zero-order chi connectivity index (χ0) is 43.5. The van der Waals surface area contributed by atoms with E-state index in [-0.39, 0.29) is 43.3 Å². The van der Waals surface area contributed by atoms with Gasteiger partial charge in [0.25, 0.3) is 0 Å². The van der Waals surface area contributed by atoms with Crippen LogP contribution in [0.2, 0.25) is 0 Å². The molecule has 0 saturated carbocycles. The number of ether oxygens (including phenoxy) is 6. The fraction of sp³-hybridized carbons (Fsp3) is 0.540. The molecule has 0 aromatic heterocycles. The lowest BCUT2D eigenvalue weighted by Crippen LogP contribution is -2.25. The number of cyclic esters (lactones) is 2. The fourth-order valence-corrected chi connectivity index (χ4v) is 5.88. The average Bonchev–Trinajstić information content (AvgIpc) is 3.78. The van der Waals surface area contributed by atoms with E-state index in [0.29, 0.717) is 78.3 Å². The molecule has 0 fully saturated rings. The third-order valence-electron chi connectivity index (χ3n) is 9.29. The number of nitrogens with zero attached hydrogens (tertiary/aromatic N) is 1. The lowest BCUT2D eigenvalue weighted by molar-refractivity contribution is -0.143. The molecule has 11 heteroatoms. The molecule has 2 aliphatic rings. The first-order valence-corrected chi connectivity index (χ1v) is 22.3. The van der Waals surface area contributed by atoms with Crippen LogP contribution in [0.15, 0.2) is 126 Å². The first-order chi connectivity index (χ1) is 30.0. The third-order valence-corrected chi connectivity index (χ3v) is 9.29. The van der Waals surface area contributed by atoms with Crippen molar-refractivity contribution in [3.8, 4) is 0 Å². The van der Waals surface area contributed by atoms with Crippen LogP contribution in [-0.4, -0.2) is 89.5 Å². The van der Waals surface area contributed by atoms with Gasteiger partial charge in [0.2, 0.25) is 0 Å². The van der Waals surface area contributed by atoms with E-state index in [1.165, 1.54) is 5.57 Å². The second kappa shape index (κ2) is 39.6. The number of rotatable bonds is 6. The Morgan fingerprint density at radius 1 is 0.557 bits per heavy atom. The second-order valence-corrected chi connectivity index (χ2v) is 14.6. The van der Waals surface area contributed by atoms with E-state index in [0.717, 1.165) is 70.6 Å². The summed E-state index contributed by atoms with van der Waals surface area (Å²) in [7, 11) is 0. The van der Waals surface area contributed by atoms with Crippen LogP contribution < -0.4 is 11.5 Å². The lowest BCUT2D eigenvalue weighted by atomic mass is 10.1. The summed E-state index contributed by atoms with van der Waals surface area (Å²) in [6, 6.07) is 0. The summed E-state index contributed by atoms with van der Waals surface area (Å²) in [5, 5.41) is 0. The highest BCUT2D eigenvalue weighted by Crippen LogP contribution is 2.18. The number of guanidine groups is 1. The summed E-state index contributed by atoms with van der Waals surface area (Å²) in [6.07, 6.45) is 51.3. The quantitative estimate of drug-likeness (QED) is 0.114. The molecule has 0 aromatic rings. The Morgan fingerprint density at radius 2 is 1.08 bits per heavy atom. The number of hydrogen-bond acceptors (Lipinski definition) is 9. The zero-order valence-corrected chi connectivity index (χ0v) is 36.7. The summed E-state index contributed by atoms with van der Waals surface area (Å²) in [6.45, 7) is 4.36. The maximum Gasteiger partial charge on any atom is 0.306 e. The molecular weight excluding hydrogens is 771 g/mol. The molecule has 4 N–H and O–H groups in total. The predicted octanol–water partition coefficient (Wildman–Crippen LogP) is 9.35. The summed E-state index contributed by atoms with van der Waals surface area (Å²) < 4.78 is 34.8. The molecule has 1 heterocycles. The Morgan fingerprint density at radius 3 is 1.67 bits per heavy atom. The number of hydrogen-bond donors (Lipinski definition) is 2. The van der Waals surface area contributed by atoms with E-state index in [2.05, 4.69) is 71.8 Å². The SMILES string of the molecule is NC(N)=NCCC1COCCCC=CCC=CCOC(=O)CCC=CCC=CCOCC(CCC2=CC=CC2)OCC=CCC=CCCC(=O)OCC=CCC=CCCCO1. The number of aliphatic imine (C=N–C) groups is 1. The lowest BCUT2D eigenvalue weighted by Gasteiger charge is -2.17. The van der Waals surface area contributed by atoms with Gasteiger partial charge in [-0.3, -0.25) is 14.6 Å². The van der Waals surface area contributed by atoms with Crippen molar-refractivity contribution in [3.05, 3.63) is 121 Å². The van der Waals surface area contributed by atoms with E-state index in [9.17, 15) is 9.59 Å². The summed E-state index contributed by atoms with van der Waals surface area (Å²) in [4.78, 5) is 28.3. The van der Waals surface area contributed by atoms with Gasteiger partial charge < -0.3 is 39.9 Å². The molecule has 0 radical (unpaired) electrons. The molecule has 61 heavy (non-hydrogen) atoms. The minimum atomic E-state index is -0.202. The zero-order valence-electron chi connectivity index (χ0n) is 36.7. The molecule has 0 bridgehead atoms. The Balaban J connectivity index is 1.81. The topological polar surface area (TPSA) is 154 Å². The molecule has 0 aromatic carbocycles. The van der Waals surface area contributed by atoms with Crippen LogP contribution in [0.3, 0.4) is 0 Å². The maximum absolute atomic E-state index is 12.1. The van der Waals surface area contributed by atoms with Crippen molar-refractivity contribution < 1.29 is 38.0 Å². The third kappa shape index (κ3) is 34.8. The maximum atomic E-state index is 12.1. The standard InChI is InChI=1S/C50H75N3O8/c51-50(52)53-36-35-47-44-57-38-23-13-5-1-7-17-27-41-60-48(54)31-19-11-3-9-14-24-37-56-43-46(34-33-45-29-21-22-30-45)58-39-25-16-10-4-12-20-32-49(55)61-42-28-18-8-2-6-15-26-40-59-47/h1-6,11-12,14,16-18,21-22,24-25,27-29,46-47H,7-10,13,15,19-20,23,26,30-44H2,(H4,51,52,53). The Kier molecular flexibility index (Phi) is 34.1. The predicted molar refractivity (Wildman–Crippen MR) is 248 cm³/mol. The molecule has 1 aliphatic heterocycles. The van der Waals surface area contributed by atoms with E-state index in [1.807, 2.05) is 48.6 Å². The number of carbonyl (C=O) groups excluding carboxylic acids is 2. The normalized spacial score (nSPS) is 22.0. The van der Waals surface area contributed by atoms with Gasteiger partial charge >= 0.3 is 11.9 Å². The van der Waals surface area contributed by atoms with Gasteiger partial charge in [0, 0.05) is 32.6 Å². The smallest absolute Gasteiger partial charge is 0.306 e. The van der Waals surface area contributed by atoms with Crippen LogP contribution >= 0.6 is 0 Å². The van der Waals surface area contributed by atoms with Crippen molar-refractivity contribution in [3.63, 3.8) is 0 Å². The molecule has 2 atom stereocenters. The van der Waals surface area contributed by atoms with Crippen LogP contribution in [0.25, 0.3) is 0 Å². The van der Waals surface area contributed by atoms with Crippen molar-refractivity contribution in [1.29, 1.82) is 0 Å². The number of carbonyl (C=O) groups is 2. The van der Waals surface area contributed by atoms with Crippen molar-refractivity contribution in [1.82, 2.24) is 0 Å². The van der Waals surface area contributed by atoms with Gasteiger partial charge in [-0.1, -0.05) is 121 Å². The van der Waals surface area contributed by atoms with E-state index in [4.69, 9.17) is 39.9 Å². The van der Waals surface area contributed by atoms with Gasteiger partial charge in [0.05, 0.1) is 38.6 Å². The van der Waals surface area contributed by atoms with Crippen molar-refractivity contribution in [2.75, 3.05) is 59.4 Å². The van der Waals surface area contributed by atoms with Crippen LogP contribution in [0.5, 0.6) is 0 Å². The minimum Gasteiger partial charge on any atom is -0.461 e. The van der Waals surface area contributed by atoms with Crippen LogP contribution in [0.1, 0.15) is 103 Å². The van der Waals surface area contributed by atoms with Gasteiger partial charge in [-0.2, -0.15) is 0 Å². The molecule has 2 unspecified atom stereocenters. The molecule has 338 valence electrons. The largest absolute Gasteiger partial charge is 0.461 e. The molecule has 11 nitrogen and oxygen atoms in total. The van der Waals surface area contributed by atoms with E-state index >= 15 is 0 Å². The highest BCUT2D eigenvalue weighted by Gasteiger charge is 2.11. The van der Waals surface area contributed by atoms with Gasteiger partial charge in [0.15, 0.2) is 5.96 Å². The second-order valence-electron chi connectivity index (χ2n) is 14.6. The first-order valence-electron chi connectivity index (χ1n) is 22.3. The van der Waals surface area contributed by atoms with Gasteiger partial charge in [-0.15, -0.1) is 0 Å². The van der Waals surface area contributed by atoms with Crippen LogP contribution in [0, 0.1) is 0 Å². The minimum absolute atomic E-state index is 0.00733. The Hall–Kier alpha value is -4.55. The molecule has 0 saturated heterocycles. The first kappa shape index (κ1) is 52.6. The Labute approximate surface area is 366 Å². The number of esters is 2. The van der Waals surface area contributed by atoms with Crippen LogP contribution in [-0.2, 0) is 38.0 Å². The average molecular weight is 846 g/mol. The summed E-state index contributed by atoms with van der Waals surface area (Å²) in [5.41, 5.74) is 12.4. The molecular formula is C50H75N3O8. The highest BCUT2D eigenvalue weighted by atomic mass is 16.5. The molecule has 0 amide bonds. The van der Waals surface area contributed by atoms with Gasteiger partial charge in [0.1, 0.15) is 13.2 Å². The summed E-state index contributed by atoms with van der Waals surface area (Å²) >= 11 is 0.